The summed E-state index contributed by atoms with van der Waals surface area (Å²) in [6, 6.07) is 0. The third-order valence-corrected chi connectivity index (χ3v) is 1.90. The molecule has 0 aromatic rings. The van der Waals surface area contributed by atoms with E-state index in [9.17, 15) is 14.7 Å². The fraction of sp³-hybridized carbons (Fsp3) is 0.818. The summed E-state index contributed by atoms with van der Waals surface area (Å²) >= 11 is 0. The molecule has 0 rings (SSSR count). The van der Waals surface area contributed by atoms with Crippen LogP contribution in [0.4, 0.5) is 0 Å². The fourth-order valence-electron chi connectivity index (χ4n) is 0.903. The van der Waals surface area contributed by atoms with Crippen molar-refractivity contribution in [2.45, 2.75) is 40.7 Å². The predicted molar refractivity (Wildman–Crippen MR) is 56.3 cm³/mol. The lowest BCUT2D eigenvalue weighted by Crippen LogP contribution is -2.36. The van der Waals surface area contributed by atoms with Crippen LogP contribution >= 0.6 is 0 Å². The van der Waals surface area contributed by atoms with Gasteiger partial charge in [0, 0.05) is 5.41 Å². The predicted octanol–water partition coefficient (Wildman–Crippen LogP) is 1.16. The Kier molecular flexibility index (Phi) is 4.94. The van der Waals surface area contributed by atoms with Crippen LogP contribution in [0.1, 0.15) is 34.6 Å². The highest BCUT2D eigenvalue weighted by Crippen LogP contribution is 2.17. The van der Waals surface area contributed by atoms with Crippen molar-refractivity contribution in [2.24, 2.45) is 11.3 Å². The summed E-state index contributed by atoms with van der Waals surface area (Å²) in [5.74, 6) is -0.975. The largest absolute Gasteiger partial charge is 0.462 e. The maximum absolute atomic E-state index is 11.5. The monoisotopic (exact) mass is 216 g/mol. The second-order valence-electron chi connectivity index (χ2n) is 4.91. The van der Waals surface area contributed by atoms with Gasteiger partial charge in [0.25, 0.3) is 0 Å². The Hall–Kier alpha value is -0.900. The van der Waals surface area contributed by atoms with Crippen molar-refractivity contribution < 1.29 is 19.4 Å². The van der Waals surface area contributed by atoms with Gasteiger partial charge < -0.3 is 9.84 Å². The number of Topliss-reactive ketones (excluding diaryl/α,β-unsaturated/α-hetero) is 1. The molecule has 4 heteroatoms. The van der Waals surface area contributed by atoms with E-state index in [-0.39, 0.29) is 18.3 Å². The summed E-state index contributed by atoms with van der Waals surface area (Å²) in [4.78, 5) is 22.6. The summed E-state index contributed by atoms with van der Waals surface area (Å²) in [5.41, 5.74) is -0.621. The molecule has 1 N–H and O–H groups in total. The topological polar surface area (TPSA) is 63.6 Å². The van der Waals surface area contributed by atoms with Crippen molar-refractivity contribution in [1.82, 2.24) is 0 Å². The molecule has 0 aromatic carbocycles. The standard InChI is InChI=1S/C11H20O4/c1-7(2)10(14)15-6-8(12)9(13)11(3,4)5/h7-8,12H,6H2,1-5H3. The zero-order chi connectivity index (χ0) is 12.2. The normalized spacial score (nSPS) is 13.8. The molecule has 1 unspecified atom stereocenters. The van der Waals surface area contributed by atoms with Crippen molar-refractivity contribution in [1.29, 1.82) is 0 Å². The molecular weight excluding hydrogens is 196 g/mol. The molecule has 0 aliphatic rings. The number of hydrogen-bond donors (Lipinski definition) is 1. The molecule has 0 saturated carbocycles. The van der Waals surface area contributed by atoms with E-state index in [0.717, 1.165) is 0 Å². The van der Waals surface area contributed by atoms with Crippen LogP contribution in [-0.2, 0) is 14.3 Å². The van der Waals surface area contributed by atoms with E-state index in [1.165, 1.54) is 0 Å². The number of ether oxygens (including phenoxy) is 1. The molecule has 0 bridgehead atoms. The number of esters is 1. The van der Waals surface area contributed by atoms with E-state index in [1.807, 2.05) is 0 Å². The fourth-order valence-corrected chi connectivity index (χ4v) is 0.903. The van der Waals surface area contributed by atoms with E-state index >= 15 is 0 Å². The minimum absolute atomic E-state index is 0.248. The molecule has 0 heterocycles. The molecule has 0 radical (unpaired) electrons. The first-order valence-electron chi connectivity index (χ1n) is 5.05. The van der Waals surface area contributed by atoms with Gasteiger partial charge in [0.2, 0.25) is 0 Å². The van der Waals surface area contributed by atoms with Gasteiger partial charge in [-0.1, -0.05) is 34.6 Å². The van der Waals surface area contributed by atoms with Gasteiger partial charge in [0.1, 0.15) is 12.7 Å². The average molecular weight is 216 g/mol. The maximum Gasteiger partial charge on any atom is 0.308 e. The number of carbonyl (C=O) groups is 2. The minimum atomic E-state index is -1.23. The van der Waals surface area contributed by atoms with Crippen molar-refractivity contribution in [2.75, 3.05) is 6.61 Å². The molecule has 0 aromatic heterocycles. The molecule has 0 saturated heterocycles. The molecular formula is C11H20O4. The van der Waals surface area contributed by atoms with E-state index < -0.39 is 17.5 Å². The van der Waals surface area contributed by atoms with E-state index in [1.54, 1.807) is 34.6 Å². The second-order valence-corrected chi connectivity index (χ2v) is 4.91. The van der Waals surface area contributed by atoms with Crippen LogP contribution in [0, 0.1) is 11.3 Å². The molecule has 0 amide bonds. The van der Waals surface area contributed by atoms with Crippen LogP contribution < -0.4 is 0 Å². The quantitative estimate of drug-likeness (QED) is 0.716. The van der Waals surface area contributed by atoms with Gasteiger partial charge in [-0.2, -0.15) is 0 Å². The molecule has 15 heavy (non-hydrogen) atoms. The van der Waals surface area contributed by atoms with Gasteiger partial charge in [0.15, 0.2) is 5.78 Å². The number of carbonyl (C=O) groups excluding carboxylic acids is 2. The van der Waals surface area contributed by atoms with Gasteiger partial charge in [-0.3, -0.25) is 9.59 Å². The van der Waals surface area contributed by atoms with Crippen LogP contribution in [0.5, 0.6) is 0 Å². The maximum atomic E-state index is 11.5. The lowest BCUT2D eigenvalue weighted by atomic mass is 9.88. The van der Waals surface area contributed by atoms with Crippen molar-refractivity contribution in [3.8, 4) is 0 Å². The Bertz CT molecular complexity index is 237. The molecule has 4 nitrogen and oxygen atoms in total. The van der Waals surface area contributed by atoms with Gasteiger partial charge in [-0.15, -0.1) is 0 Å². The lowest BCUT2D eigenvalue weighted by molar-refractivity contribution is -0.153. The number of hydrogen-bond acceptors (Lipinski definition) is 4. The third-order valence-electron chi connectivity index (χ3n) is 1.90. The highest BCUT2D eigenvalue weighted by atomic mass is 16.5. The molecule has 0 spiro atoms. The van der Waals surface area contributed by atoms with Crippen LogP contribution in [-0.4, -0.2) is 29.6 Å². The Morgan fingerprint density at radius 2 is 1.73 bits per heavy atom. The molecule has 0 aliphatic heterocycles. The Morgan fingerprint density at radius 3 is 2.07 bits per heavy atom. The third kappa shape index (κ3) is 4.93. The van der Waals surface area contributed by atoms with Crippen LogP contribution in [0.3, 0.4) is 0 Å². The zero-order valence-corrected chi connectivity index (χ0v) is 10.0. The first-order chi connectivity index (χ1) is 6.66. The summed E-state index contributed by atoms with van der Waals surface area (Å²) < 4.78 is 4.77. The second kappa shape index (κ2) is 5.26. The SMILES string of the molecule is CC(C)C(=O)OCC(O)C(=O)C(C)(C)C. The number of rotatable bonds is 4. The first-order valence-corrected chi connectivity index (χ1v) is 5.05. The zero-order valence-electron chi connectivity index (χ0n) is 10.0. The van der Waals surface area contributed by atoms with Crippen molar-refractivity contribution in [3.63, 3.8) is 0 Å². The minimum Gasteiger partial charge on any atom is -0.462 e. The number of aliphatic hydroxyl groups excluding tert-OH is 1. The molecule has 1 atom stereocenters. The highest BCUT2D eigenvalue weighted by molar-refractivity contribution is 5.88. The summed E-state index contributed by atoms with van der Waals surface area (Å²) in [7, 11) is 0. The van der Waals surface area contributed by atoms with Crippen LogP contribution in [0.2, 0.25) is 0 Å². The van der Waals surface area contributed by atoms with Crippen molar-refractivity contribution in [3.05, 3.63) is 0 Å². The average Bonchev–Trinajstić information content (AvgIpc) is 2.10. The van der Waals surface area contributed by atoms with Gasteiger partial charge in [-0.05, 0) is 0 Å². The Labute approximate surface area is 90.6 Å². The molecule has 88 valence electrons. The van der Waals surface area contributed by atoms with Gasteiger partial charge in [0.05, 0.1) is 5.92 Å². The van der Waals surface area contributed by atoms with Crippen molar-refractivity contribution >= 4 is 11.8 Å². The molecule has 0 aliphatic carbocycles. The summed E-state index contributed by atoms with van der Waals surface area (Å²) in [6.07, 6.45) is -1.23. The Balaban J connectivity index is 4.11. The number of ketones is 1. The van der Waals surface area contributed by atoms with Crippen LogP contribution in [0.15, 0.2) is 0 Å². The first kappa shape index (κ1) is 14.1. The summed E-state index contributed by atoms with van der Waals surface area (Å²) in [5, 5.41) is 9.46. The smallest absolute Gasteiger partial charge is 0.308 e. The molecule has 0 fully saturated rings. The van der Waals surface area contributed by atoms with E-state index in [0.29, 0.717) is 0 Å². The van der Waals surface area contributed by atoms with E-state index in [2.05, 4.69) is 0 Å². The van der Waals surface area contributed by atoms with E-state index in [4.69, 9.17) is 4.74 Å². The highest BCUT2D eigenvalue weighted by Gasteiger charge is 2.29. The van der Waals surface area contributed by atoms with Gasteiger partial charge in [-0.25, -0.2) is 0 Å². The Morgan fingerprint density at radius 1 is 1.27 bits per heavy atom. The lowest BCUT2D eigenvalue weighted by Gasteiger charge is -2.20. The summed E-state index contributed by atoms with van der Waals surface area (Å²) in [6.45, 7) is 8.27. The van der Waals surface area contributed by atoms with Crippen LogP contribution in [0.25, 0.3) is 0 Å². The van der Waals surface area contributed by atoms with Gasteiger partial charge >= 0.3 is 5.97 Å². The number of aliphatic hydroxyl groups is 1.